The zero-order valence-corrected chi connectivity index (χ0v) is 17.6. The molecule has 0 saturated heterocycles. The van der Waals surface area contributed by atoms with Gasteiger partial charge >= 0.3 is 0 Å². The van der Waals surface area contributed by atoms with Gasteiger partial charge in [0, 0.05) is 18.3 Å². The molecule has 156 valence electrons. The van der Waals surface area contributed by atoms with Crippen LogP contribution < -0.4 is 10.1 Å². The number of anilines is 1. The lowest BCUT2D eigenvalue weighted by molar-refractivity contribution is -0.0258. The highest BCUT2D eigenvalue weighted by atomic mass is 32.2. The molecule has 0 aliphatic rings. The standard InChI is InChI=1S/C22H22N2O5S/c1-16-5-4-6-20(15-16)29-19-11-9-18(10-12-19)23-22(25)17-7-13-21(14-8-17)30(26,27)24(2)28-3/h4-15H,1-3H3,(H,23,25). The third-order valence-electron chi connectivity index (χ3n) is 4.35. The Bertz CT molecular complexity index is 1130. The number of nitrogens with zero attached hydrogens (tertiary/aromatic N) is 1. The third kappa shape index (κ3) is 5.04. The van der Waals surface area contributed by atoms with Gasteiger partial charge in [0.1, 0.15) is 11.5 Å². The van der Waals surface area contributed by atoms with E-state index in [0.717, 1.165) is 15.8 Å². The lowest BCUT2D eigenvalue weighted by Crippen LogP contribution is -2.25. The zero-order chi connectivity index (χ0) is 21.7. The second-order valence-electron chi connectivity index (χ2n) is 6.52. The van der Waals surface area contributed by atoms with Gasteiger partial charge in [-0.2, -0.15) is 0 Å². The smallest absolute Gasteiger partial charge is 0.264 e. The molecular formula is C22H22N2O5S. The summed E-state index contributed by atoms with van der Waals surface area (Å²) in [5.41, 5.74) is 2.02. The van der Waals surface area contributed by atoms with E-state index in [1.807, 2.05) is 31.2 Å². The van der Waals surface area contributed by atoms with Crippen LogP contribution in [-0.2, 0) is 14.9 Å². The van der Waals surface area contributed by atoms with Gasteiger partial charge in [-0.05, 0) is 73.2 Å². The molecule has 0 bridgehead atoms. The van der Waals surface area contributed by atoms with Crippen LogP contribution in [0.1, 0.15) is 15.9 Å². The van der Waals surface area contributed by atoms with Gasteiger partial charge in [-0.3, -0.25) is 9.63 Å². The Morgan fingerprint density at radius 3 is 2.20 bits per heavy atom. The first-order chi connectivity index (χ1) is 14.3. The number of carbonyl (C=O) groups excluding carboxylic acids is 1. The minimum atomic E-state index is -3.76. The molecule has 8 heteroatoms. The first-order valence-electron chi connectivity index (χ1n) is 9.08. The molecule has 30 heavy (non-hydrogen) atoms. The lowest BCUT2D eigenvalue weighted by atomic mass is 10.2. The Morgan fingerprint density at radius 2 is 1.60 bits per heavy atom. The number of ether oxygens (including phenoxy) is 1. The van der Waals surface area contributed by atoms with Crippen LogP contribution >= 0.6 is 0 Å². The van der Waals surface area contributed by atoms with E-state index in [0.29, 0.717) is 17.0 Å². The molecule has 0 spiro atoms. The molecule has 3 aromatic rings. The molecule has 0 aliphatic heterocycles. The number of sulfonamides is 1. The van der Waals surface area contributed by atoms with Crippen molar-refractivity contribution in [3.05, 3.63) is 83.9 Å². The summed E-state index contributed by atoms with van der Waals surface area (Å²) in [5.74, 6) is 1.03. The van der Waals surface area contributed by atoms with Gasteiger partial charge in [0.25, 0.3) is 15.9 Å². The van der Waals surface area contributed by atoms with Crippen LogP contribution in [0.3, 0.4) is 0 Å². The average Bonchev–Trinajstić information content (AvgIpc) is 2.74. The largest absolute Gasteiger partial charge is 0.457 e. The Hall–Kier alpha value is -3.20. The molecule has 0 radical (unpaired) electrons. The number of hydrogen-bond acceptors (Lipinski definition) is 5. The van der Waals surface area contributed by atoms with Crippen LogP contribution in [0.25, 0.3) is 0 Å². The minimum Gasteiger partial charge on any atom is -0.457 e. The van der Waals surface area contributed by atoms with Crippen LogP contribution in [0.5, 0.6) is 11.5 Å². The van der Waals surface area contributed by atoms with Crippen molar-refractivity contribution in [2.24, 2.45) is 0 Å². The maximum atomic E-state index is 12.5. The summed E-state index contributed by atoms with van der Waals surface area (Å²) in [6.45, 7) is 1.99. The molecule has 0 unspecified atom stereocenters. The normalized spacial score (nSPS) is 11.3. The van der Waals surface area contributed by atoms with E-state index in [2.05, 4.69) is 5.32 Å². The van der Waals surface area contributed by atoms with Crippen molar-refractivity contribution < 1.29 is 22.8 Å². The monoisotopic (exact) mass is 426 g/mol. The van der Waals surface area contributed by atoms with Crippen LogP contribution in [0, 0.1) is 6.92 Å². The summed E-state index contributed by atoms with van der Waals surface area (Å²) in [6.07, 6.45) is 0. The SMILES string of the molecule is CON(C)S(=O)(=O)c1ccc(C(=O)Nc2ccc(Oc3cccc(C)c3)cc2)cc1. The van der Waals surface area contributed by atoms with Gasteiger partial charge < -0.3 is 10.1 Å². The second-order valence-corrected chi connectivity index (χ2v) is 8.45. The molecule has 7 nitrogen and oxygen atoms in total. The van der Waals surface area contributed by atoms with Crippen molar-refractivity contribution in [2.75, 3.05) is 19.5 Å². The van der Waals surface area contributed by atoms with Gasteiger partial charge in [0.05, 0.1) is 12.0 Å². The molecule has 3 aromatic carbocycles. The highest BCUT2D eigenvalue weighted by molar-refractivity contribution is 7.89. The van der Waals surface area contributed by atoms with Gasteiger partial charge in [0.2, 0.25) is 0 Å². The summed E-state index contributed by atoms with van der Waals surface area (Å²) in [5, 5.41) is 2.77. The predicted octanol–water partition coefficient (Wildman–Crippen LogP) is 4.22. The number of hydrogen-bond donors (Lipinski definition) is 1. The van der Waals surface area contributed by atoms with Crippen molar-refractivity contribution in [3.8, 4) is 11.5 Å². The fraction of sp³-hybridized carbons (Fsp3) is 0.136. The number of rotatable bonds is 7. The fourth-order valence-electron chi connectivity index (χ4n) is 2.65. The molecule has 1 amide bonds. The van der Waals surface area contributed by atoms with Crippen molar-refractivity contribution in [1.82, 2.24) is 4.47 Å². The Labute approximate surface area is 175 Å². The van der Waals surface area contributed by atoms with E-state index in [-0.39, 0.29) is 10.8 Å². The fourth-order valence-corrected chi connectivity index (χ4v) is 3.62. The molecule has 0 fully saturated rings. The van der Waals surface area contributed by atoms with Crippen molar-refractivity contribution in [1.29, 1.82) is 0 Å². The van der Waals surface area contributed by atoms with Gasteiger partial charge in [-0.15, -0.1) is 0 Å². The molecule has 0 aliphatic carbocycles. The van der Waals surface area contributed by atoms with Crippen molar-refractivity contribution in [2.45, 2.75) is 11.8 Å². The van der Waals surface area contributed by atoms with Gasteiger partial charge in [0.15, 0.2) is 0 Å². The number of benzene rings is 3. The van der Waals surface area contributed by atoms with Crippen LogP contribution in [0.2, 0.25) is 0 Å². The molecule has 3 rings (SSSR count). The number of hydroxylamine groups is 1. The van der Waals surface area contributed by atoms with Crippen LogP contribution in [0.4, 0.5) is 5.69 Å². The topological polar surface area (TPSA) is 84.9 Å². The number of carbonyl (C=O) groups is 1. The van der Waals surface area contributed by atoms with Crippen LogP contribution in [0.15, 0.2) is 77.7 Å². The van der Waals surface area contributed by atoms with Crippen LogP contribution in [-0.4, -0.2) is 33.0 Å². The second kappa shape index (κ2) is 9.08. The molecule has 1 N–H and O–H groups in total. The first kappa shape index (κ1) is 21.5. The lowest BCUT2D eigenvalue weighted by Gasteiger charge is -2.14. The van der Waals surface area contributed by atoms with E-state index >= 15 is 0 Å². The summed E-state index contributed by atoms with van der Waals surface area (Å²) >= 11 is 0. The Balaban J connectivity index is 1.66. The minimum absolute atomic E-state index is 0.0288. The van der Waals surface area contributed by atoms with Gasteiger partial charge in [-0.25, -0.2) is 8.42 Å². The van der Waals surface area contributed by atoms with Crippen molar-refractivity contribution in [3.63, 3.8) is 0 Å². The maximum Gasteiger partial charge on any atom is 0.264 e. The maximum absolute atomic E-state index is 12.5. The van der Waals surface area contributed by atoms with E-state index in [1.165, 1.54) is 38.4 Å². The first-order valence-corrected chi connectivity index (χ1v) is 10.5. The molecule has 0 saturated carbocycles. The molecule has 0 aromatic heterocycles. The third-order valence-corrected chi connectivity index (χ3v) is 6.04. The number of aryl methyl sites for hydroxylation is 1. The van der Waals surface area contributed by atoms with E-state index in [1.54, 1.807) is 24.3 Å². The predicted molar refractivity (Wildman–Crippen MR) is 114 cm³/mol. The summed E-state index contributed by atoms with van der Waals surface area (Å²) in [4.78, 5) is 17.2. The molecule has 0 heterocycles. The zero-order valence-electron chi connectivity index (χ0n) is 16.8. The number of amides is 1. The van der Waals surface area contributed by atoms with E-state index in [4.69, 9.17) is 9.57 Å². The Morgan fingerprint density at radius 1 is 0.933 bits per heavy atom. The molecule has 0 atom stereocenters. The van der Waals surface area contributed by atoms with Crippen molar-refractivity contribution >= 4 is 21.6 Å². The quantitative estimate of drug-likeness (QED) is 0.572. The van der Waals surface area contributed by atoms with Gasteiger partial charge in [-0.1, -0.05) is 16.6 Å². The highest BCUT2D eigenvalue weighted by Crippen LogP contribution is 2.24. The summed E-state index contributed by atoms with van der Waals surface area (Å²) in [7, 11) is -1.20. The van der Waals surface area contributed by atoms with E-state index in [9.17, 15) is 13.2 Å². The Kier molecular flexibility index (Phi) is 6.51. The number of nitrogens with one attached hydrogen (secondary N) is 1. The average molecular weight is 426 g/mol. The summed E-state index contributed by atoms with van der Waals surface area (Å²) in [6, 6.07) is 20.3. The summed E-state index contributed by atoms with van der Waals surface area (Å²) < 4.78 is 31.0. The highest BCUT2D eigenvalue weighted by Gasteiger charge is 2.21. The molecular weight excluding hydrogens is 404 g/mol. The van der Waals surface area contributed by atoms with E-state index < -0.39 is 10.0 Å².